The van der Waals surface area contributed by atoms with Gasteiger partial charge in [0.15, 0.2) is 0 Å². The maximum absolute atomic E-state index is 3.20. The molecule has 3 nitrogen and oxygen atoms in total. The minimum atomic E-state index is 0.723. The summed E-state index contributed by atoms with van der Waals surface area (Å²) in [5.74, 6) is 0. The lowest BCUT2D eigenvalue weighted by atomic mass is 10.6. The van der Waals surface area contributed by atoms with E-state index in [1.807, 2.05) is 0 Å². The first-order valence-electron chi connectivity index (χ1n) is 2.63. The molecule has 2 aliphatic heterocycles. The van der Waals surface area contributed by atoms with Gasteiger partial charge >= 0.3 is 0 Å². The summed E-state index contributed by atoms with van der Waals surface area (Å²) in [5.41, 5.74) is 0. The van der Waals surface area contributed by atoms with E-state index in [1.165, 1.54) is 0 Å². The molecule has 0 spiro atoms. The molecule has 2 rings (SSSR count). The highest BCUT2D eigenvalue weighted by atomic mass is 15.9. The highest BCUT2D eigenvalue weighted by molar-refractivity contribution is 4.82. The third-order valence-electron chi connectivity index (χ3n) is 1.69. The standard InChI is InChI=1S/C4H9N3/c1-4-6-2-5-3-7(4)6/h4-5H,2-3H2,1H3. The predicted octanol–water partition coefficient (Wildman–Crippen LogP) is -0.617. The molecule has 2 heterocycles. The van der Waals surface area contributed by atoms with Gasteiger partial charge in [0.05, 0.1) is 19.5 Å². The van der Waals surface area contributed by atoms with Crippen LogP contribution in [0.5, 0.6) is 0 Å². The van der Waals surface area contributed by atoms with E-state index in [0.717, 1.165) is 19.5 Å². The third-order valence-corrected chi connectivity index (χ3v) is 1.69. The smallest absolute Gasteiger partial charge is 0.0896 e. The van der Waals surface area contributed by atoms with Crippen LogP contribution in [0.2, 0.25) is 0 Å². The van der Waals surface area contributed by atoms with Crippen molar-refractivity contribution in [3.63, 3.8) is 0 Å². The molecule has 3 heteroatoms. The minimum absolute atomic E-state index is 0.723. The Kier molecular flexibility index (Phi) is 0.543. The molecule has 0 aromatic carbocycles. The van der Waals surface area contributed by atoms with E-state index in [4.69, 9.17) is 0 Å². The molecular weight excluding hydrogens is 90.1 g/mol. The first-order valence-corrected chi connectivity index (χ1v) is 2.63. The van der Waals surface area contributed by atoms with Crippen LogP contribution in [0, 0.1) is 0 Å². The largest absolute Gasteiger partial charge is 0.289 e. The van der Waals surface area contributed by atoms with Crippen LogP contribution in [-0.2, 0) is 0 Å². The Bertz CT molecular complexity index is 82.9. The topological polar surface area (TPSA) is 18.0 Å². The summed E-state index contributed by atoms with van der Waals surface area (Å²) in [5, 5.41) is 7.79. The van der Waals surface area contributed by atoms with Crippen molar-refractivity contribution >= 4 is 0 Å². The molecule has 2 atom stereocenters. The summed E-state index contributed by atoms with van der Waals surface area (Å²) in [6.45, 7) is 4.32. The second-order valence-electron chi connectivity index (χ2n) is 2.08. The van der Waals surface area contributed by atoms with Gasteiger partial charge in [0.2, 0.25) is 0 Å². The number of hydrogen-bond acceptors (Lipinski definition) is 3. The molecule has 0 radical (unpaired) electrons. The number of fused-ring (bicyclic) bond motifs is 1. The molecule has 1 N–H and O–H groups in total. The molecule has 0 aliphatic carbocycles. The molecule has 2 fully saturated rings. The zero-order valence-corrected chi connectivity index (χ0v) is 4.39. The Hall–Kier alpha value is -0.120. The van der Waals surface area contributed by atoms with Crippen LogP contribution in [0.15, 0.2) is 0 Å². The Balaban J connectivity index is 2.06. The van der Waals surface area contributed by atoms with Gasteiger partial charge in [-0.15, -0.1) is 0 Å². The monoisotopic (exact) mass is 99.1 g/mol. The van der Waals surface area contributed by atoms with Crippen LogP contribution in [0.3, 0.4) is 0 Å². The van der Waals surface area contributed by atoms with Gasteiger partial charge in [0.25, 0.3) is 0 Å². The maximum atomic E-state index is 3.20. The maximum Gasteiger partial charge on any atom is 0.0896 e. The van der Waals surface area contributed by atoms with Gasteiger partial charge in [-0.05, 0) is 6.92 Å². The lowest BCUT2D eigenvalue weighted by molar-refractivity contribution is 0.412. The van der Waals surface area contributed by atoms with Crippen molar-refractivity contribution in [2.24, 2.45) is 0 Å². The normalized spacial score (nSPS) is 57.0. The van der Waals surface area contributed by atoms with Gasteiger partial charge in [-0.2, -0.15) is 0 Å². The van der Waals surface area contributed by atoms with Crippen molar-refractivity contribution in [2.75, 3.05) is 13.3 Å². The molecule has 0 bridgehead atoms. The van der Waals surface area contributed by atoms with Crippen molar-refractivity contribution in [2.45, 2.75) is 13.1 Å². The van der Waals surface area contributed by atoms with Crippen LogP contribution < -0.4 is 5.32 Å². The summed E-state index contributed by atoms with van der Waals surface area (Å²) in [6.07, 6.45) is 0.723. The first-order chi connectivity index (χ1) is 3.39. The predicted molar refractivity (Wildman–Crippen MR) is 26.0 cm³/mol. The summed E-state index contributed by atoms with van der Waals surface area (Å²) < 4.78 is 0. The van der Waals surface area contributed by atoms with Crippen LogP contribution in [0.25, 0.3) is 0 Å². The fraction of sp³-hybridized carbons (Fsp3) is 1.00. The fourth-order valence-electron chi connectivity index (χ4n) is 1.09. The van der Waals surface area contributed by atoms with E-state index in [-0.39, 0.29) is 0 Å². The first kappa shape index (κ1) is 3.83. The Morgan fingerprint density at radius 3 is 2.29 bits per heavy atom. The third kappa shape index (κ3) is 0.351. The van der Waals surface area contributed by atoms with Crippen LogP contribution in [-0.4, -0.2) is 29.5 Å². The molecule has 2 aliphatic rings. The summed E-state index contributed by atoms with van der Waals surface area (Å²) in [7, 11) is 0. The SMILES string of the molecule is CC1N2CNCN12. The Labute approximate surface area is 42.9 Å². The van der Waals surface area contributed by atoms with Gasteiger partial charge in [0.1, 0.15) is 0 Å². The van der Waals surface area contributed by atoms with Crippen molar-refractivity contribution in [3.8, 4) is 0 Å². The van der Waals surface area contributed by atoms with E-state index in [0.29, 0.717) is 0 Å². The number of rotatable bonds is 0. The van der Waals surface area contributed by atoms with Gasteiger partial charge in [-0.25, -0.2) is 10.0 Å². The second-order valence-corrected chi connectivity index (χ2v) is 2.08. The molecular formula is C4H9N3. The summed E-state index contributed by atoms with van der Waals surface area (Å²) in [4.78, 5) is 0. The van der Waals surface area contributed by atoms with Crippen molar-refractivity contribution in [1.82, 2.24) is 15.3 Å². The van der Waals surface area contributed by atoms with E-state index in [2.05, 4.69) is 22.3 Å². The molecule has 0 aromatic heterocycles. The molecule has 7 heavy (non-hydrogen) atoms. The van der Waals surface area contributed by atoms with Crippen LogP contribution in [0.1, 0.15) is 6.92 Å². The molecule has 0 amide bonds. The number of nitrogens with one attached hydrogen (secondary N) is 1. The molecule has 0 aromatic rings. The average Bonchev–Trinajstić information content (AvgIpc) is 2.26. The van der Waals surface area contributed by atoms with Gasteiger partial charge in [0, 0.05) is 0 Å². The number of hydrazine groups is 1. The zero-order valence-electron chi connectivity index (χ0n) is 4.39. The molecule has 40 valence electrons. The van der Waals surface area contributed by atoms with Crippen molar-refractivity contribution < 1.29 is 0 Å². The zero-order chi connectivity index (χ0) is 4.85. The lowest BCUT2D eigenvalue weighted by Crippen LogP contribution is -2.19. The second kappa shape index (κ2) is 0.992. The summed E-state index contributed by atoms with van der Waals surface area (Å²) >= 11 is 0. The highest BCUT2D eigenvalue weighted by Gasteiger charge is 2.44. The van der Waals surface area contributed by atoms with E-state index in [9.17, 15) is 0 Å². The minimum Gasteiger partial charge on any atom is -0.289 e. The van der Waals surface area contributed by atoms with E-state index >= 15 is 0 Å². The quantitative estimate of drug-likeness (QED) is 0.408. The van der Waals surface area contributed by atoms with Crippen LogP contribution in [0.4, 0.5) is 0 Å². The molecule has 2 unspecified atom stereocenters. The van der Waals surface area contributed by atoms with E-state index < -0.39 is 0 Å². The van der Waals surface area contributed by atoms with E-state index in [1.54, 1.807) is 0 Å². The van der Waals surface area contributed by atoms with Gasteiger partial charge in [-0.3, -0.25) is 5.32 Å². The fourth-order valence-corrected chi connectivity index (χ4v) is 1.09. The van der Waals surface area contributed by atoms with Gasteiger partial charge in [-0.1, -0.05) is 0 Å². The van der Waals surface area contributed by atoms with Crippen molar-refractivity contribution in [3.05, 3.63) is 0 Å². The Morgan fingerprint density at radius 2 is 2.00 bits per heavy atom. The number of nitrogens with zero attached hydrogens (tertiary/aromatic N) is 2. The van der Waals surface area contributed by atoms with Crippen molar-refractivity contribution in [1.29, 1.82) is 0 Å². The molecule has 2 saturated heterocycles. The lowest BCUT2D eigenvalue weighted by Gasteiger charge is -1.91. The average molecular weight is 99.1 g/mol. The molecule has 0 saturated carbocycles. The van der Waals surface area contributed by atoms with Gasteiger partial charge < -0.3 is 0 Å². The summed E-state index contributed by atoms with van der Waals surface area (Å²) in [6, 6.07) is 0. The highest BCUT2D eigenvalue weighted by Crippen LogP contribution is 2.25. The van der Waals surface area contributed by atoms with Crippen LogP contribution >= 0.6 is 0 Å². The Morgan fingerprint density at radius 1 is 1.43 bits per heavy atom. The number of hydrogen-bond donors (Lipinski definition) is 1.